The SMILES string of the molecule is NC(=O)[C@H](Cc1ccccc1)NC(=O)[C@@H](Cc1c[nH]c2ccccc12)NC(=O)[C@H](Cc1ccccc1)NC(=O)C1CCCC1. The summed E-state index contributed by atoms with van der Waals surface area (Å²) >= 11 is 0. The van der Waals surface area contributed by atoms with Crippen molar-refractivity contribution in [3.05, 3.63) is 108 Å². The molecule has 0 saturated heterocycles. The molecule has 0 spiro atoms. The van der Waals surface area contributed by atoms with Crippen LogP contribution in [-0.4, -0.2) is 46.7 Å². The molecule has 0 radical (unpaired) electrons. The van der Waals surface area contributed by atoms with E-state index in [2.05, 4.69) is 20.9 Å². The minimum atomic E-state index is -1.04. The summed E-state index contributed by atoms with van der Waals surface area (Å²) in [7, 11) is 0. The van der Waals surface area contributed by atoms with Crippen molar-refractivity contribution >= 4 is 34.5 Å². The molecule has 6 N–H and O–H groups in total. The third-order valence-electron chi connectivity index (χ3n) is 8.32. The molecule has 1 aliphatic rings. The monoisotopic (exact) mass is 593 g/mol. The van der Waals surface area contributed by atoms with Gasteiger partial charge >= 0.3 is 0 Å². The number of carbonyl (C=O) groups excluding carboxylic acids is 4. The molecule has 9 nitrogen and oxygen atoms in total. The van der Waals surface area contributed by atoms with E-state index in [9.17, 15) is 19.2 Å². The van der Waals surface area contributed by atoms with Crippen molar-refractivity contribution in [3.8, 4) is 0 Å². The number of para-hydroxylation sites is 1. The van der Waals surface area contributed by atoms with E-state index in [1.54, 1.807) is 0 Å². The van der Waals surface area contributed by atoms with Gasteiger partial charge in [0.25, 0.3) is 0 Å². The maximum absolute atomic E-state index is 13.9. The second kappa shape index (κ2) is 14.5. The maximum Gasteiger partial charge on any atom is 0.243 e. The number of fused-ring (bicyclic) bond motifs is 1. The number of amides is 4. The molecule has 3 atom stereocenters. The summed E-state index contributed by atoms with van der Waals surface area (Å²) in [6.45, 7) is 0. The lowest BCUT2D eigenvalue weighted by molar-refractivity contribution is -0.134. The topological polar surface area (TPSA) is 146 Å². The summed E-state index contributed by atoms with van der Waals surface area (Å²) in [5.41, 5.74) is 9.15. The van der Waals surface area contributed by atoms with Crippen LogP contribution in [0.5, 0.6) is 0 Å². The van der Waals surface area contributed by atoms with Gasteiger partial charge in [0.1, 0.15) is 18.1 Å². The summed E-state index contributed by atoms with van der Waals surface area (Å²) in [4.78, 5) is 56.5. The Kier molecular flexibility index (Phi) is 10.1. The maximum atomic E-state index is 13.9. The standard InChI is InChI=1S/C35H39N5O4/c36-32(41)29(19-23-11-3-1-4-12-23)38-35(44)31(21-26-22-37-28-18-10-9-17-27(26)28)40-34(43)30(20-24-13-5-2-6-14-24)39-33(42)25-15-7-8-16-25/h1-6,9-14,17-18,22,25,29-31,37H,7-8,15-16,19-21H2,(H2,36,41)(H,38,44)(H,39,42)(H,40,43)/t29-,30-,31+/m0/s1. The first-order valence-corrected chi connectivity index (χ1v) is 15.2. The second-order valence-corrected chi connectivity index (χ2v) is 11.5. The van der Waals surface area contributed by atoms with Crippen molar-refractivity contribution in [1.29, 1.82) is 0 Å². The molecule has 5 rings (SSSR count). The predicted molar refractivity (Wildman–Crippen MR) is 169 cm³/mol. The Morgan fingerprint density at radius 1 is 0.682 bits per heavy atom. The van der Waals surface area contributed by atoms with Crippen LogP contribution in [0, 0.1) is 5.92 Å². The highest BCUT2D eigenvalue weighted by Crippen LogP contribution is 2.25. The molecular formula is C35H39N5O4. The van der Waals surface area contributed by atoms with E-state index < -0.39 is 35.8 Å². The highest BCUT2D eigenvalue weighted by molar-refractivity contribution is 5.95. The number of nitrogens with two attached hydrogens (primary N) is 1. The van der Waals surface area contributed by atoms with Crippen LogP contribution in [0.4, 0.5) is 0 Å². The number of hydrogen-bond acceptors (Lipinski definition) is 4. The summed E-state index contributed by atoms with van der Waals surface area (Å²) in [5.74, 6) is -1.96. The van der Waals surface area contributed by atoms with Crippen LogP contribution in [0.2, 0.25) is 0 Å². The fourth-order valence-electron chi connectivity index (χ4n) is 5.88. The van der Waals surface area contributed by atoms with Crippen LogP contribution in [-0.2, 0) is 38.4 Å². The lowest BCUT2D eigenvalue weighted by Gasteiger charge is -2.25. The van der Waals surface area contributed by atoms with Gasteiger partial charge in [-0.25, -0.2) is 0 Å². The summed E-state index contributed by atoms with van der Waals surface area (Å²) in [5, 5.41) is 9.58. The number of rotatable bonds is 13. The van der Waals surface area contributed by atoms with Crippen LogP contribution in [0.3, 0.4) is 0 Å². The first-order chi connectivity index (χ1) is 21.4. The van der Waals surface area contributed by atoms with Crippen LogP contribution in [0.25, 0.3) is 10.9 Å². The van der Waals surface area contributed by atoms with Crippen molar-refractivity contribution in [2.45, 2.75) is 63.1 Å². The number of aromatic nitrogens is 1. The fraction of sp³-hybridized carbons (Fsp3) is 0.314. The normalized spacial score (nSPS) is 15.3. The van der Waals surface area contributed by atoms with Gasteiger partial charge < -0.3 is 26.7 Å². The number of H-pyrrole nitrogens is 1. The van der Waals surface area contributed by atoms with Gasteiger partial charge in [0, 0.05) is 42.3 Å². The zero-order valence-electron chi connectivity index (χ0n) is 24.6. The average Bonchev–Trinajstić information content (AvgIpc) is 3.72. The average molecular weight is 594 g/mol. The highest BCUT2D eigenvalue weighted by atomic mass is 16.2. The molecule has 0 unspecified atom stereocenters. The van der Waals surface area contributed by atoms with Crippen LogP contribution in [0.15, 0.2) is 91.1 Å². The van der Waals surface area contributed by atoms with Crippen LogP contribution in [0.1, 0.15) is 42.4 Å². The van der Waals surface area contributed by atoms with Gasteiger partial charge in [0.05, 0.1) is 0 Å². The molecule has 1 saturated carbocycles. The third kappa shape index (κ3) is 7.92. The Morgan fingerprint density at radius 2 is 1.20 bits per heavy atom. The zero-order chi connectivity index (χ0) is 30.9. The van der Waals surface area contributed by atoms with Gasteiger partial charge in [-0.15, -0.1) is 0 Å². The van der Waals surface area contributed by atoms with E-state index in [1.807, 2.05) is 91.1 Å². The zero-order valence-corrected chi connectivity index (χ0v) is 24.6. The Labute approximate surface area is 257 Å². The lowest BCUT2D eigenvalue weighted by Crippen LogP contribution is -2.58. The number of carbonyl (C=O) groups is 4. The molecule has 228 valence electrons. The quantitative estimate of drug-likeness (QED) is 0.162. The highest BCUT2D eigenvalue weighted by Gasteiger charge is 2.32. The molecular weight excluding hydrogens is 554 g/mol. The Balaban J connectivity index is 1.39. The van der Waals surface area contributed by atoms with Crippen molar-refractivity contribution < 1.29 is 19.2 Å². The summed E-state index contributed by atoms with van der Waals surface area (Å²) in [6, 6.07) is 23.5. The van der Waals surface area contributed by atoms with E-state index >= 15 is 0 Å². The van der Waals surface area contributed by atoms with E-state index in [1.165, 1.54) is 0 Å². The number of benzene rings is 3. The van der Waals surface area contributed by atoms with Gasteiger partial charge in [-0.3, -0.25) is 19.2 Å². The number of primary amides is 1. The van der Waals surface area contributed by atoms with Gasteiger partial charge in [-0.1, -0.05) is 91.7 Å². The van der Waals surface area contributed by atoms with E-state index in [0.717, 1.165) is 53.3 Å². The first kappa shape index (κ1) is 30.5. The number of hydrogen-bond donors (Lipinski definition) is 5. The third-order valence-corrected chi connectivity index (χ3v) is 8.32. The van der Waals surface area contributed by atoms with Crippen molar-refractivity contribution in [1.82, 2.24) is 20.9 Å². The molecule has 1 aromatic heterocycles. The van der Waals surface area contributed by atoms with E-state index in [0.29, 0.717) is 0 Å². The second-order valence-electron chi connectivity index (χ2n) is 11.5. The molecule has 1 fully saturated rings. The predicted octanol–water partition coefficient (Wildman–Crippen LogP) is 3.33. The number of aromatic amines is 1. The molecule has 4 aromatic rings. The molecule has 0 aliphatic heterocycles. The van der Waals surface area contributed by atoms with Crippen molar-refractivity contribution in [3.63, 3.8) is 0 Å². The van der Waals surface area contributed by atoms with Gasteiger partial charge in [0.15, 0.2) is 0 Å². The smallest absolute Gasteiger partial charge is 0.243 e. The molecule has 44 heavy (non-hydrogen) atoms. The molecule has 0 bridgehead atoms. The summed E-state index contributed by atoms with van der Waals surface area (Å²) in [6.07, 6.45) is 6.03. The molecule has 1 heterocycles. The molecule has 1 aliphatic carbocycles. The van der Waals surface area contributed by atoms with E-state index in [4.69, 9.17) is 5.73 Å². The number of nitrogens with one attached hydrogen (secondary N) is 4. The first-order valence-electron chi connectivity index (χ1n) is 15.2. The minimum absolute atomic E-state index is 0.124. The van der Waals surface area contributed by atoms with Gasteiger partial charge in [0.2, 0.25) is 23.6 Å². The lowest BCUT2D eigenvalue weighted by atomic mass is 10.00. The molecule has 9 heteroatoms. The van der Waals surface area contributed by atoms with Crippen molar-refractivity contribution in [2.75, 3.05) is 0 Å². The molecule has 3 aromatic carbocycles. The minimum Gasteiger partial charge on any atom is -0.368 e. The van der Waals surface area contributed by atoms with Gasteiger partial charge in [-0.05, 0) is 35.6 Å². The Bertz CT molecular complexity index is 1580. The molecule has 4 amide bonds. The Hall–Kier alpha value is -4.92. The van der Waals surface area contributed by atoms with Gasteiger partial charge in [-0.2, -0.15) is 0 Å². The Morgan fingerprint density at radius 3 is 1.82 bits per heavy atom. The van der Waals surface area contributed by atoms with Crippen LogP contribution < -0.4 is 21.7 Å². The fourth-order valence-corrected chi connectivity index (χ4v) is 5.88. The largest absolute Gasteiger partial charge is 0.368 e. The van der Waals surface area contributed by atoms with E-state index in [-0.39, 0.29) is 31.1 Å². The van der Waals surface area contributed by atoms with Crippen molar-refractivity contribution in [2.24, 2.45) is 11.7 Å². The van der Waals surface area contributed by atoms with Crippen LogP contribution >= 0.6 is 0 Å². The summed E-state index contributed by atoms with van der Waals surface area (Å²) < 4.78 is 0.